The summed E-state index contributed by atoms with van der Waals surface area (Å²) >= 11 is 0. The molecule has 3 aromatic rings. The van der Waals surface area contributed by atoms with Crippen LogP contribution in [0.3, 0.4) is 0 Å². The Balaban J connectivity index is 1.34. The summed E-state index contributed by atoms with van der Waals surface area (Å²) in [7, 11) is -3.24. The van der Waals surface area contributed by atoms with E-state index in [1.807, 2.05) is 24.3 Å². The molecule has 0 fully saturated rings. The predicted octanol–water partition coefficient (Wildman–Crippen LogP) is 3.66. The summed E-state index contributed by atoms with van der Waals surface area (Å²) in [6.07, 6.45) is 2.08. The smallest absolute Gasteiger partial charge is 0.195 e. The molecule has 6 nitrogen and oxygen atoms in total. The first kappa shape index (κ1) is 20.9. The number of guanidine groups is 1. The fourth-order valence-electron chi connectivity index (χ4n) is 3.51. The number of benzene rings is 3. The van der Waals surface area contributed by atoms with Crippen LogP contribution in [0.4, 0.5) is 11.4 Å². The van der Waals surface area contributed by atoms with Crippen LogP contribution in [0.1, 0.15) is 16.7 Å². The van der Waals surface area contributed by atoms with Crippen molar-refractivity contribution >= 4 is 27.2 Å². The minimum Gasteiger partial charge on any atom is -0.381 e. The SMILES string of the molecule is CS(=O)(=O)c1ccccc1CNc1ccc(Cc2ccc(NC3=NCCN3)cc2)cc1. The number of nitrogens with zero attached hydrogens (tertiary/aromatic N) is 1. The van der Waals surface area contributed by atoms with Crippen molar-refractivity contribution in [3.8, 4) is 0 Å². The number of aliphatic imine (C=N–C) groups is 1. The molecule has 4 rings (SSSR count). The number of nitrogens with one attached hydrogen (secondary N) is 3. The molecule has 0 atom stereocenters. The van der Waals surface area contributed by atoms with Gasteiger partial charge in [-0.3, -0.25) is 4.99 Å². The summed E-state index contributed by atoms with van der Waals surface area (Å²) in [5.41, 5.74) is 5.18. The van der Waals surface area contributed by atoms with Gasteiger partial charge in [-0.25, -0.2) is 8.42 Å². The van der Waals surface area contributed by atoms with Crippen LogP contribution in [0.15, 0.2) is 82.7 Å². The Morgan fingerprint density at radius 3 is 2.16 bits per heavy atom. The van der Waals surface area contributed by atoms with E-state index in [4.69, 9.17) is 0 Å². The van der Waals surface area contributed by atoms with Crippen molar-refractivity contribution in [1.82, 2.24) is 5.32 Å². The number of rotatable bonds is 7. The molecule has 0 aromatic heterocycles. The quantitative estimate of drug-likeness (QED) is 0.529. The predicted molar refractivity (Wildman–Crippen MR) is 126 cm³/mol. The van der Waals surface area contributed by atoms with Crippen molar-refractivity contribution in [1.29, 1.82) is 0 Å². The third kappa shape index (κ3) is 5.64. The van der Waals surface area contributed by atoms with E-state index in [-0.39, 0.29) is 0 Å². The van der Waals surface area contributed by atoms with E-state index >= 15 is 0 Å². The summed E-state index contributed by atoms with van der Waals surface area (Å²) in [5.74, 6) is 0.829. The molecule has 1 aliphatic heterocycles. The lowest BCUT2D eigenvalue weighted by molar-refractivity contribution is 0.601. The van der Waals surface area contributed by atoms with Crippen molar-refractivity contribution in [2.75, 3.05) is 30.0 Å². The van der Waals surface area contributed by atoms with Gasteiger partial charge in [-0.1, -0.05) is 42.5 Å². The maximum Gasteiger partial charge on any atom is 0.195 e. The van der Waals surface area contributed by atoms with Crippen molar-refractivity contribution in [2.24, 2.45) is 4.99 Å². The first-order chi connectivity index (χ1) is 15.0. The molecule has 3 aromatic carbocycles. The molecule has 0 amide bonds. The van der Waals surface area contributed by atoms with Gasteiger partial charge in [0.25, 0.3) is 0 Å². The van der Waals surface area contributed by atoms with Gasteiger partial charge in [0.15, 0.2) is 15.8 Å². The second kappa shape index (κ2) is 9.22. The van der Waals surface area contributed by atoms with Crippen LogP contribution < -0.4 is 16.0 Å². The monoisotopic (exact) mass is 434 g/mol. The fraction of sp³-hybridized carbons (Fsp3) is 0.208. The molecule has 0 saturated heterocycles. The Morgan fingerprint density at radius 1 is 0.903 bits per heavy atom. The molecule has 0 unspecified atom stereocenters. The van der Waals surface area contributed by atoms with E-state index in [1.165, 1.54) is 17.4 Å². The van der Waals surface area contributed by atoms with E-state index in [9.17, 15) is 8.42 Å². The number of anilines is 2. The lowest BCUT2D eigenvalue weighted by Crippen LogP contribution is -2.26. The molecule has 160 valence electrons. The Bertz CT molecular complexity index is 1170. The van der Waals surface area contributed by atoms with Crippen molar-refractivity contribution in [3.05, 3.63) is 89.5 Å². The molecule has 7 heteroatoms. The first-order valence-electron chi connectivity index (χ1n) is 10.2. The fourth-order valence-corrected chi connectivity index (χ4v) is 4.45. The second-order valence-corrected chi connectivity index (χ2v) is 9.57. The van der Waals surface area contributed by atoms with Gasteiger partial charge in [-0.05, 0) is 53.4 Å². The molecule has 3 N–H and O–H groups in total. The Hall–Kier alpha value is -3.32. The summed E-state index contributed by atoms with van der Waals surface area (Å²) < 4.78 is 23.9. The van der Waals surface area contributed by atoms with Gasteiger partial charge in [-0.15, -0.1) is 0 Å². The lowest BCUT2D eigenvalue weighted by atomic mass is 10.0. The Kier molecular flexibility index (Phi) is 6.23. The van der Waals surface area contributed by atoms with Gasteiger partial charge in [-0.2, -0.15) is 0 Å². The van der Waals surface area contributed by atoms with Crippen LogP contribution in [0.5, 0.6) is 0 Å². The summed E-state index contributed by atoms with van der Waals surface area (Å²) in [6, 6.07) is 23.7. The third-order valence-electron chi connectivity index (χ3n) is 5.11. The van der Waals surface area contributed by atoms with E-state index in [1.54, 1.807) is 12.1 Å². The summed E-state index contributed by atoms with van der Waals surface area (Å²) in [5, 5.41) is 9.79. The van der Waals surface area contributed by atoms with E-state index < -0.39 is 9.84 Å². The second-order valence-electron chi connectivity index (χ2n) is 7.59. The van der Waals surface area contributed by atoms with Crippen LogP contribution in [-0.4, -0.2) is 33.7 Å². The highest BCUT2D eigenvalue weighted by molar-refractivity contribution is 7.90. The minimum absolute atomic E-state index is 0.368. The normalized spacial score (nSPS) is 13.4. The third-order valence-corrected chi connectivity index (χ3v) is 6.31. The Labute approximate surface area is 183 Å². The number of hydrogen-bond donors (Lipinski definition) is 3. The van der Waals surface area contributed by atoms with Crippen molar-refractivity contribution < 1.29 is 8.42 Å². The standard InChI is InChI=1S/C24H26N4O2S/c1-31(29,30)23-5-3-2-4-20(23)17-27-21-10-6-18(7-11-21)16-19-8-12-22(13-9-19)28-24-25-14-15-26-24/h2-13,27H,14-17H2,1H3,(H2,25,26,28). The van der Waals surface area contributed by atoms with Gasteiger partial charge < -0.3 is 16.0 Å². The number of hydrogen-bond acceptors (Lipinski definition) is 6. The molecular formula is C24H26N4O2S. The largest absolute Gasteiger partial charge is 0.381 e. The molecule has 0 bridgehead atoms. The van der Waals surface area contributed by atoms with Crippen molar-refractivity contribution in [3.63, 3.8) is 0 Å². The lowest BCUT2D eigenvalue weighted by Gasteiger charge is -2.11. The Morgan fingerprint density at radius 2 is 1.55 bits per heavy atom. The van der Waals surface area contributed by atoms with Gasteiger partial charge in [0.05, 0.1) is 11.4 Å². The minimum atomic E-state index is -3.24. The van der Waals surface area contributed by atoms with Crippen LogP contribution in [0.2, 0.25) is 0 Å². The molecule has 0 radical (unpaired) electrons. The molecule has 0 aliphatic carbocycles. The summed E-state index contributed by atoms with van der Waals surface area (Å²) in [6.45, 7) is 2.15. The average molecular weight is 435 g/mol. The molecular weight excluding hydrogens is 408 g/mol. The van der Waals surface area contributed by atoms with Crippen molar-refractivity contribution in [2.45, 2.75) is 17.9 Å². The molecule has 0 spiro atoms. The van der Waals surface area contributed by atoms with Crippen LogP contribution in [0, 0.1) is 0 Å². The topological polar surface area (TPSA) is 82.6 Å². The highest BCUT2D eigenvalue weighted by Crippen LogP contribution is 2.19. The van der Waals surface area contributed by atoms with Gasteiger partial charge in [0.1, 0.15) is 0 Å². The van der Waals surface area contributed by atoms with E-state index in [0.29, 0.717) is 11.4 Å². The molecule has 1 aliphatic rings. The van der Waals surface area contributed by atoms with Crippen LogP contribution in [-0.2, 0) is 22.8 Å². The highest BCUT2D eigenvalue weighted by atomic mass is 32.2. The highest BCUT2D eigenvalue weighted by Gasteiger charge is 2.12. The molecule has 1 heterocycles. The molecule has 0 saturated carbocycles. The number of sulfone groups is 1. The maximum absolute atomic E-state index is 11.9. The van der Waals surface area contributed by atoms with E-state index in [0.717, 1.165) is 42.4 Å². The first-order valence-corrected chi connectivity index (χ1v) is 12.1. The van der Waals surface area contributed by atoms with Gasteiger partial charge >= 0.3 is 0 Å². The zero-order valence-corrected chi connectivity index (χ0v) is 18.2. The van der Waals surface area contributed by atoms with Crippen LogP contribution >= 0.6 is 0 Å². The zero-order valence-electron chi connectivity index (χ0n) is 17.4. The van der Waals surface area contributed by atoms with Crippen LogP contribution in [0.25, 0.3) is 0 Å². The average Bonchev–Trinajstić information content (AvgIpc) is 3.27. The van der Waals surface area contributed by atoms with Gasteiger partial charge in [0.2, 0.25) is 0 Å². The molecule has 31 heavy (non-hydrogen) atoms. The zero-order chi connectivity index (χ0) is 21.7. The maximum atomic E-state index is 11.9. The van der Waals surface area contributed by atoms with E-state index in [2.05, 4.69) is 57.3 Å². The van der Waals surface area contributed by atoms with Gasteiger partial charge in [0, 0.05) is 30.7 Å². The summed E-state index contributed by atoms with van der Waals surface area (Å²) in [4.78, 5) is 4.71.